The number of nitrogens with zero attached hydrogens (tertiary/aromatic N) is 1. The molecule has 2 heterocycles. The number of hydrogen-bond donors (Lipinski definition) is 1. The van der Waals surface area contributed by atoms with E-state index in [1.54, 1.807) is 0 Å². The molecule has 0 saturated carbocycles. The van der Waals surface area contributed by atoms with Crippen molar-refractivity contribution in [1.29, 1.82) is 0 Å². The second-order valence-corrected chi connectivity index (χ2v) is 4.88. The van der Waals surface area contributed by atoms with Gasteiger partial charge in [-0.05, 0) is 6.42 Å². The molecule has 0 unspecified atom stereocenters. The molecule has 0 aromatic rings. The fourth-order valence-corrected chi connectivity index (χ4v) is 2.75. The van der Waals surface area contributed by atoms with Crippen molar-refractivity contribution in [3.05, 3.63) is 0 Å². The third-order valence-electron chi connectivity index (χ3n) is 3.91. The molecule has 2 aliphatic rings. The Morgan fingerprint density at radius 2 is 2.00 bits per heavy atom. The zero-order valence-corrected chi connectivity index (χ0v) is 8.55. The average molecular weight is 183 g/mol. The summed E-state index contributed by atoms with van der Waals surface area (Å²) in [5, 5.41) is 3.02. The van der Waals surface area contributed by atoms with Crippen molar-refractivity contribution in [2.45, 2.75) is 37.8 Å². The highest BCUT2D eigenvalue weighted by atomic mass is 16.1. The monoisotopic (exact) mass is 183 g/mol. The first kappa shape index (κ1) is 9.00. The van der Waals surface area contributed by atoms with Gasteiger partial charge in [-0.15, -0.1) is 0 Å². The van der Waals surface area contributed by atoms with Gasteiger partial charge in [0.2, 0.25) is 5.91 Å². The summed E-state index contributed by atoms with van der Waals surface area (Å²) < 4.78 is 1.04. The van der Waals surface area contributed by atoms with Crippen molar-refractivity contribution in [2.24, 2.45) is 0 Å². The average Bonchev–Trinajstić information content (AvgIpc) is 2.17. The van der Waals surface area contributed by atoms with Crippen LogP contribution >= 0.6 is 0 Å². The summed E-state index contributed by atoms with van der Waals surface area (Å²) in [6.07, 6.45) is 4.51. The normalized spacial score (nSPS) is 37.8. The molecule has 0 aliphatic carbocycles. The van der Waals surface area contributed by atoms with E-state index in [-0.39, 0.29) is 5.91 Å². The summed E-state index contributed by atoms with van der Waals surface area (Å²) in [7, 11) is 4.55. The Kier molecular flexibility index (Phi) is 2.06. The Morgan fingerprint density at radius 3 is 2.77 bits per heavy atom. The van der Waals surface area contributed by atoms with Crippen LogP contribution in [0.3, 0.4) is 0 Å². The number of quaternary nitrogens is 1. The van der Waals surface area contributed by atoms with Crippen LogP contribution < -0.4 is 5.32 Å². The summed E-state index contributed by atoms with van der Waals surface area (Å²) in [4.78, 5) is 11.4. The summed E-state index contributed by atoms with van der Waals surface area (Å²) in [5.74, 6) is 0.251. The smallest absolute Gasteiger partial charge is 0.226 e. The summed E-state index contributed by atoms with van der Waals surface area (Å²) in [5.41, 5.74) is 0. The van der Waals surface area contributed by atoms with Gasteiger partial charge >= 0.3 is 0 Å². The number of carbonyl (C=O) groups is 1. The molecule has 0 aromatic carbocycles. The number of likely N-dealkylation sites (N-methyl/N-ethyl adjacent to an activating group) is 1. The molecule has 2 saturated heterocycles. The molecule has 13 heavy (non-hydrogen) atoms. The molecule has 0 radical (unpaired) electrons. The van der Waals surface area contributed by atoms with E-state index in [0.29, 0.717) is 12.1 Å². The van der Waals surface area contributed by atoms with Crippen LogP contribution in [-0.4, -0.2) is 43.1 Å². The molecule has 1 amide bonds. The van der Waals surface area contributed by atoms with E-state index < -0.39 is 0 Å². The molecule has 74 valence electrons. The SMILES string of the molecule is C[N+]1(C)[C@H]2CCC[C@H]1CC(=O)NC2. The topological polar surface area (TPSA) is 29.1 Å². The van der Waals surface area contributed by atoms with Crippen LogP contribution in [0.2, 0.25) is 0 Å². The lowest BCUT2D eigenvalue weighted by atomic mass is 9.92. The van der Waals surface area contributed by atoms with Gasteiger partial charge in [0.05, 0.1) is 33.1 Å². The van der Waals surface area contributed by atoms with Gasteiger partial charge in [-0.3, -0.25) is 4.79 Å². The Bertz CT molecular complexity index is 225. The first-order chi connectivity index (χ1) is 6.10. The molecule has 0 aromatic heterocycles. The van der Waals surface area contributed by atoms with E-state index in [9.17, 15) is 4.79 Å². The van der Waals surface area contributed by atoms with Crippen molar-refractivity contribution in [2.75, 3.05) is 20.6 Å². The van der Waals surface area contributed by atoms with E-state index in [2.05, 4.69) is 19.4 Å². The maximum Gasteiger partial charge on any atom is 0.226 e. The van der Waals surface area contributed by atoms with Gasteiger partial charge < -0.3 is 9.80 Å². The van der Waals surface area contributed by atoms with Crippen molar-refractivity contribution in [3.63, 3.8) is 0 Å². The van der Waals surface area contributed by atoms with Gasteiger partial charge in [-0.1, -0.05) is 0 Å². The highest BCUT2D eigenvalue weighted by Gasteiger charge is 2.42. The fourth-order valence-electron chi connectivity index (χ4n) is 2.75. The molecule has 2 rings (SSSR count). The Hall–Kier alpha value is -0.570. The standard InChI is InChI=1S/C10H18N2O/c1-12(2)8-4-3-5-9(12)7-11-10(13)6-8/h8-9H,3-7H2,1-2H3/p+1/t8-,9-/m0/s1. The van der Waals surface area contributed by atoms with E-state index in [4.69, 9.17) is 0 Å². The minimum Gasteiger partial charge on any atom is -0.350 e. The Balaban J connectivity index is 2.24. The molecular weight excluding hydrogens is 164 g/mol. The zero-order chi connectivity index (χ0) is 9.47. The van der Waals surface area contributed by atoms with Crippen molar-refractivity contribution in [3.8, 4) is 0 Å². The summed E-state index contributed by atoms with van der Waals surface area (Å²) in [6.45, 7) is 0.877. The van der Waals surface area contributed by atoms with Gasteiger partial charge in [0.1, 0.15) is 6.04 Å². The van der Waals surface area contributed by atoms with Crippen LogP contribution in [0.5, 0.6) is 0 Å². The zero-order valence-electron chi connectivity index (χ0n) is 8.55. The summed E-state index contributed by atoms with van der Waals surface area (Å²) >= 11 is 0. The van der Waals surface area contributed by atoms with Gasteiger partial charge in [-0.25, -0.2) is 0 Å². The van der Waals surface area contributed by atoms with Crippen molar-refractivity contribution < 1.29 is 9.28 Å². The quantitative estimate of drug-likeness (QED) is 0.545. The number of carbonyl (C=O) groups excluding carboxylic acids is 1. The molecule has 2 atom stereocenters. The van der Waals surface area contributed by atoms with Crippen LogP contribution in [-0.2, 0) is 4.79 Å². The molecule has 1 N–H and O–H groups in total. The van der Waals surface area contributed by atoms with E-state index >= 15 is 0 Å². The minimum atomic E-state index is 0.251. The van der Waals surface area contributed by atoms with Crippen LogP contribution in [0.4, 0.5) is 0 Å². The highest BCUT2D eigenvalue weighted by molar-refractivity contribution is 5.76. The first-order valence-corrected chi connectivity index (χ1v) is 5.21. The molecule has 2 fully saturated rings. The lowest BCUT2D eigenvalue weighted by Crippen LogP contribution is -2.58. The lowest BCUT2D eigenvalue weighted by molar-refractivity contribution is -0.941. The number of piperidine rings is 1. The van der Waals surface area contributed by atoms with E-state index in [0.717, 1.165) is 17.4 Å². The fraction of sp³-hybridized carbons (Fsp3) is 0.900. The predicted octanol–water partition coefficient (Wildman–Crippen LogP) is 0.504. The molecular formula is C10H19N2O+. The molecule has 2 aliphatic heterocycles. The molecule has 3 heteroatoms. The van der Waals surface area contributed by atoms with Gasteiger partial charge in [0, 0.05) is 12.8 Å². The highest BCUT2D eigenvalue weighted by Crippen LogP contribution is 2.30. The minimum absolute atomic E-state index is 0.251. The van der Waals surface area contributed by atoms with Crippen LogP contribution in [0.15, 0.2) is 0 Å². The number of amides is 1. The van der Waals surface area contributed by atoms with E-state index in [1.807, 2.05) is 0 Å². The van der Waals surface area contributed by atoms with Crippen molar-refractivity contribution >= 4 is 5.91 Å². The maximum absolute atomic E-state index is 11.4. The third-order valence-corrected chi connectivity index (χ3v) is 3.91. The summed E-state index contributed by atoms with van der Waals surface area (Å²) in [6, 6.07) is 1.20. The Labute approximate surface area is 79.7 Å². The third kappa shape index (κ3) is 1.46. The number of hydrogen-bond acceptors (Lipinski definition) is 1. The van der Waals surface area contributed by atoms with Gasteiger partial charge in [0.25, 0.3) is 0 Å². The van der Waals surface area contributed by atoms with Gasteiger partial charge in [0.15, 0.2) is 0 Å². The molecule has 2 bridgehead atoms. The maximum atomic E-state index is 11.4. The largest absolute Gasteiger partial charge is 0.350 e. The Morgan fingerprint density at radius 1 is 1.31 bits per heavy atom. The second-order valence-electron chi connectivity index (χ2n) is 4.88. The lowest BCUT2D eigenvalue weighted by Gasteiger charge is -2.45. The second kappa shape index (κ2) is 2.98. The number of rotatable bonds is 0. The van der Waals surface area contributed by atoms with Crippen LogP contribution in [0.25, 0.3) is 0 Å². The van der Waals surface area contributed by atoms with Gasteiger partial charge in [-0.2, -0.15) is 0 Å². The number of nitrogens with one attached hydrogen (secondary N) is 1. The predicted molar refractivity (Wildman–Crippen MR) is 51.2 cm³/mol. The molecule has 3 nitrogen and oxygen atoms in total. The van der Waals surface area contributed by atoms with Crippen molar-refractivity contribution in [1.82, 2.24) is 5.32 Å². The first-order valence-electron chi connectivity index (χ1n) is 5.21. The van der Waals surface area contributed by atoms with Crippen LogP contribution in [0, 0.1) is 0 Å². The van der Waals surface area contributed by atoms with Crippen LogP contribution in [0.1, 0.15) is 25.7 Å². The molecule has 0 spiro atoms. The number of fused-ring (bicyclic) bond motifs is 2. The van der Waals surface area contributed by atoms with E-state index in [1.165, 1.54) is 19.3 Å².